The predicted octanol–water partition coefficient (Wildman–Crippen LogP) is 50.9. The van der Waals surface area contributed by atoms with Crippen LogP contribution in [0.25, 0.3) is 0 Å². The zero-order chi connectivity index (χ0) is 101. The number of anilines is 4. The molecule has 0 saturated heterocycles. The SMILES string of the molecule is CCOC(=O)C#N.CCOC(=O)C1=NS(=O)(=O)c2ccccc2N1.II.II(I)I(I)I(I)I(I)I(I)I(I)I(I)I(I)I(I)I(I)I(I)I(I)I(I)I(I)I.I[I-]I.I[I-]I(I)I(I)I(I)I(I)I(I)I(I)I(I)I(I)I(I)I(I)I(I)I(I)I(I)I.Nc1ccccc1S(N)(=O)=O.O=C(Cl)C1=NS(=O)(=O)c2ccccc2N1.O=C(O)C1=NS(=O)(=O)c2ccccc2N1. The molecule has 0 atom stereocenters. The molecule has 7 rings (SSSR count). The summed E-state index contributed by atoms with van der Waals surface area (Å²) >= 11 is 113. The maximum absolute atomic E-state index is 11.8. The van der Waals surface area contributed by atoms with Gasteiger partial charge in [0.05, 0.1) is 36.0 Å². The van der Waals surface area contributed by atoms with Gasteiger partial charge in [-0.15, -0.1) is 13.2 Å². The number of nitriles is 1. The number of hydrogen-bond acceptors (Lipinski definition) is 19. The van der Waals surface area contributed by atoms with Crippen molar-refractivity contribution in [3.05, 3.63) is 97.1 Å². The Hall–Kier alpha value is 39.4. The molecule has 8 N–H and O–H groups in total. The monoisotopic (exact) mass is 9120 g/mol. The van der Waals surface area contributed by atoms with Gasteiger partial charge in [-0.25, -0.2) is 27.9 Å². The normalized spacial score (nSPS) is 16.1. The molecule has 4 aromatic rings. The number of rotatable bonds is 32. The molecule has 3 heterocycles. The summed E-state index contributed by atoms with van der Waals surface area (Å²) in [5.74, 6) is -4.30. The maximum Gasteiger partial charge on any atom is 0.372 e. The second kappa shape index (κ2) is 97.2. The minimum absolute atomic E-state index is 0.0185. The zero-order valence-electron chi connectivity index (χ0n) is 57.5. The molecule has 3 aliphatic heterocycles. The number of nitrogens with zero attached hydrogens (tertiary/aromatic N) is 4. The number of benzene rings is 4. The van der Waals surface area contributed by atoms with Gasteiger partial charge in [0.2, 0.25) is 27.5 Å². The van der Waals surface area contributed by atoms with Crippen molar-refractivity contribution in [3.8, 4) is 6.07 Å². The number of primary sulfonamides is 1. The molecule has 24 nitrogen and oxygen atoms in total. The van der Waals surface area contributed by atoms with E-state index in [9.17, 15) is 52.8 Å². The number of nitrogens with one attached hydrogen (secondary N) is 3. The molecule has 0 bridgehead atoms. The molecule has 0 amide bonds. The van der Waals surface area contributed by atoms with Crippen molar-refractivity contribution >= 4 is 980 Å². The number of carbonyl (C=O) groups is 4. The van der Waals surface area contributed by atoms with E-state index in [-0.39, 0.29) is 63.7 Å². The molecule has 0 saturated carbocycles. The molecule has 0 aromatic heterocycles. The Balaban J connectivity index is 0. The molecular weight excluding hydrogens is 9080 g/mol. The summed E-state index contributed by atoms with van der Waals surface area (Å²) in [5, 5.41) is 27.9. The number of amidine groups is 3. The van der Waals surface area contributed by atoms with E-state index in [1.165, 1.54) is 48.5 Å². The fourth-order valence-corrected chi connectivity index (χ4v) is 9860. The smallest absolute Gasteiger partial charge is 0.372 e. The summed E-state index contributed by atoms with van der Waals surface area (Å²) in [4.78, 5) is 42.7. The van der Waals surface area contributed by atoms with Crippen molar-refractivity contribution < 1.29 is 93.9 Å². The third-order valence-corrected chi connectivity index (χ3v) is 4230. The van der Waals surface area contributed by atoms with Gasteiger partial charge in [-0.3, -0.25) is 4.79 Å². The van der Waals surface area contributed by atoms with Crippen LogP contribution < -0.4 is 53.3 Å². The number of aliphatic carboxylic acids is 1. The second-order valence-corrected chi connectivity index (χ2v) is 1370. The van der Waals surface area contributed by atoms with E-state index in [2.05, 4.69) is 685 Å². The van der Waals surface area contributed by atoms with Crippen molar-refractivity contribution in [1.29, 1.82) is 5.26 Å². The summed E-state index contributed by atoms with van der Waals surface area (Å²) in [6.07, 6.45) is 0. The Labute approximate surface area is 1210 Å². The van der Waals surface area contributed by atoms with Crippen LogP contribution in [-0.2, 0) is 68.7 Å². The first-order chi connectivity index (χ1) is 59.6. The second-order valence-electron chi connectivity index (χ2n) is 16.3. The van der Waals surface area contributed by atoms with E-state index >= 15 is 0 Å². The minimum atomic E-state index is -3.89. The standard InChI is InChI=1S/C10H10N2O4S.C8H5ClN2O3S.C8H6N2O4S.C6H8N2O2S.C4H5NO2.I30.I29.I3.I2/c1-2-16-10(13)9-11-7-5-3-4-6-8(7)17(14,15)12-9;9-7(12)8-10-5-3-1-2-4-6(5)15(13,14)11-8;11-8(12)7-9-5-3-1-2-4-6(5)15(13,14)10-7;7-5-3-1-2-4-6(5)11(8,9)10;1-2-7-4(6)3-5;1-17(2)19(5)21(7)23(9)25(11)27(13)29(15)30(16)28(14)26(12)24(10)22(8)20(6)18(3)4;1-16-18(4)20(6)22(8)24(10)26(12)28(14)29(15)27(13)25(11)23(9)21(7)19(5)17(2)3;1-3-2;1-2/h3-6H,2H2,1H3,(H,11,12);1-4H,(H,10,11);1-4H,(H,9,10)(H,11,12);1-4H,7H2,(H2,8,9,10);2H2,1H3;;;;/q;;;;;;2*-1;. The fourth-order valence-electron chi connectivity index (χ4n) is 5.44. The van der Waals surface area contributed by atoms with Gasteiger partial charge < -0.3 is 36.3 Å². The van der Waals surface area contributed by atoms with Gasteiger partial charge in [-0.2, -0.15) is 30.5 Å². The molecule has 3 aliphatic rings. The average Bonchev–Trinajstić information content (AvgIpc) is 0.786. The summed E-state index contributed by atoms with van der Waals surface area (Å²) in [7, 11) is -27.5. The summed E-state index contributed by atoms with van der Waals surface area (Å²) in [6.45, 7) is 3.70. The number of esters is 2. The predicted molar refractivity (Wildman–Crippen MR) is 1100 cm³/mol. The molecule has 794 valence electrons. The van der Waals surface area contributed by atoms with E-state index in [1.807, 2.05) is 0 Å². The number of halogens is 65. The van der Waals surface area contributed by atoms with Crippen molar-refractivity contribution in [2.75, 3.05) is 34.9 Å². The van der Waals surface area contributed by atoms with Gasteiger partial charge in [0, 0.05) is 37.2 Å². The van der Waals surface area contributed by atoms with Crippen molar-refractivity contribution in [2.24, 2.45) is 18.3 Å². The molecular formula is C36H34ClI64N9O15S4-2. The van der Waals surface area contributed by atoms with Crippen LogP contribution >= 0.6 is 876 Å². The first kappa shape index (κ1) is 170. The Morgan fingerprint density at radius 3 is 0.876 bits per heavy atom. The van der Waals surface area contributed by atoms with E-state index < -0.39 is 274 Å². The van der Waals surface area contributed by atoms with Gasteiger partial charge in [0.15, 0.2) is 6.07 Å². The number of para-hydroxylation sites is 4. The van der Waals surface area contributed by atoms with Gasteiger partial charge in [0.25, 0.3) is 35.3 Å². The first-order valence-corrected chi connectivity index (χ1v) is 410. The van der Waals surface area contributed by atoms with E-state index in [0.717, 1.165) is 0 Å². The van der Waals surface area contributed by atoms with Crippen molar-refractivity contribution in [2.45, 2.75) is 33.4 Å². The molecule has 0 aliphatic carbocycles. The third-order valence-electron chi connectivity index (χ3n) is 9.42. The average molecular weight is 9120 g/mol. The maximum atomic E-state index is 11.8. The molecule has 93 heteroatoms. The largest absolute Gasteiger partial charge is 0.475 e. The van der Waals surface area contributed by atoms with Crippen molar-refractivity contribution in [3.63, 3.8) is 0 Å². The first-order valence-electron chi connectivity index (χ1n) is 26.1. The fraction of sp³-hybridized carbons (Fsp3) is 0.111. The van der Waals surface area contributed by atoms with Gasteiger partial charge in [0.1, 0.15) is 19.6 Å². The number of nitrogens with two attached hydrogens (primary N) is 2. The summed E-state index contributed by atoms with van der Waals surface area (Å²) in [6, 6.07) is 25.7. The number of fused-ring (bicyclic) bond motifs is 3. The molecule has 4 aromatic carbocycles. The number of sulfonamides is 4. The Kier molecular flexibility index (Phi) is 128. The number of carboxylic acids is 1. The van der Waals surface area contributed by atoms with Crippen LogP contribution in [-0.4, -0.2) is 92.6 Å². The topological polar surface area (TPSA) is 393 Å². The Morgan fingerprint density at radius 2 is 0.651 bits per heavy atom. The van der Waals surface area contributed by atoms with E-state index in [4.69, 9.17) is 37.6 Å². The quantitative estimate of drug-likeness (QED) is 0.00869. The molecule has 0 fully saturated rings. The van der Waals surface area contributed by atoms with Crippen LogP contribution in [0.3, 0.4) is 0 Å². The van der Waals surface area contributed by atoms with Crippen LogP contribution in [0.5, 0.6) is 0 Å². The van der Waals surface area contributed by atoms with Crippen LogP contribution in [0.4, 0.5) is 22.7 Å². The number of carboxylic acid groups (broad SMARTS) is 1. The molecule has 0 unspecified atom stereocenters. The van der Waals surface area contributed by atoms with Crippen molar-refractivity contribution in [1.82, 2.24) is 0 Å². The van der Waals surface area contributed by atoms with Gasteiger partial charge >= 0.3 is 872 Å². The zero-order valence-corrected chi connectivity index (χ0v) is 200. The minimum Gasteiger partial charge on any atom is -0.475 e. The summed E-state index contributed by atoms with van der Waals surface area (Å²) in [5.41, 5.74) is 6.38. The molecule has 129 heavy (non-hydrogen) atoms. The number of hydrogen-bond donors (Lipinski definition) is 6. The van der Waals surface area contributed by atoms with Crippen LogP contribution in [0, 0.1) is 11.3 Å². The number of nitrogen functional groups attached to an aromatic ring is 1. The van der Waals surface area contributed by atoms with Gasteiger partial charge in [-0.05, 0) is 74.0 Å². The molecule has 0 radical (unpaired) electrons. The Bertz CT molecular complexity index is 4640. The van der Waals surface area contributed by atoms with Crippen LogP contribution in [0.1, 0.15) is 13.8 Å². The van der Waals surface area contributed by atoms with E-state index in [0.29, 0.717) is 37.9 Å². The van der Waals surface area contributed by atoms with Crippen LogP contribution in [0.15, 0.2) is 130 Å². The number of ether oxygens (including phenoxy) is 2. The Morgan fingerprint density at radius 1 is 0.419 bits per heavy atom. The van der Waals surface area contributed by atoms with Gasteiger partial charge in [-0.1, -0.05) is 48.5 Å². The molecule has 0 spiro atoms. The number of carbonyl (C=O) groups excluding carboxylic acids is 3. The van der Waals surface area contributed by atoms with E-state index in [1.54, 1.807) is 68.4 Å². The summed E-state index contributed by atoms with van der Waals surface area (Å²) < 4.78 is 110. The van der Waals surface area contributed by atoms with Crippen LogP contribution in [0.2, 0.25) is 0 Å². The third kappa shape index (κ3) is 69.7.